The zero-order valence-corrected chi connectivity index (χ0v) is 13.8. The Morgan fingerprint density at radius 2 is 2.18 bits per heavy atom. The van der Waals surface area contributed by atoms with Gasteiger partial charge in [0.2, 0.25) is 5.91 Å². The highest BCUT2D eigenvalue weighted by molar-refractivity contribution is 7.14. The van der Waals surface area contributed by atoms with Crippen LogP contribution in [0.25, 0.3) is 0 Å². The van der Waals surface area contributed by atoms with Gasteiger partial charge in [0.25, 0.3) is 5.91 Å². The third-order valence-electron chi connectivity index (χ3n) is 3.94. The number of hydrogen-bond donors (Lipinski definition) is 1. The van der Waals surface area contributed by atoms with Crippen LogP contribution in [-0.2, 0) is 11.2 Å². The third kappa shape index (κ3) is 3.23. The molecule has 3 heterocycles. The highest BCUT2D eigenvalue weighted by Gasteiger charge is 2.30. The molecule has 3 rings (SSSR count). The molecule has 1 aliphatic heterocycles. The Hall–Kier alpha value is -1.66. The van der Waals surface area contributed by atoms with Gasteiger partial charge in [-0.05, 0) is 42.8 Å². The van der Waals surface area contributed by atoms with Crippen LogP contribution in [0.1, 0.15) is 44.7 Å². The standard InChI is InChI=1S/C16H18N2O2S2/c17-16(20)14-7-6-13(22-14)12-4-1-9-18(12)15(19)8-5-11-3-2-10-21-11/h2-3,6-7,10,12H,1,4-5,8-9H2,(H2,17,20)/t12-/m0/s1. The fourth-order valence-corrected chi connectivity index (χ4v) is 4.57. The molecule has 4 nitrogen and oxygen atoms in total. The predicted octanol–water partition coefficient (Wildman–Crippen LogP) is 3.20. The molecule has 2 N–H and O–H groups in total. The largest absolute Gasteiger partial charge is 0.365 e. The first kappa shape index (κ1) is 15.2. The second-order valence-corrected chi connectivity index (χ2v) is 7.54. The topological polar surface area (TPSA) is 63.4 Å². The van der Waals surface area contributed by atoms with Crippen molar-refractivity contribution in [1.82, 2.24) is 4.90 Å². The first-order chi connectivity index (χ1) is 10.6. The third-order valence-corrected chi connectivity index (χ3v) is 6.07. The molecule has 1 aliphatic rings. The maximum Gasteiger partial charge on any atom is 0.258 e. The van der Waals surface area contributed by atoms with E-state index < -0.39 is 5.91 Å². The Morgan fingerprint density at radius 3 is 2.86 bits per heavy atom. The Kier molecular flexibility index (Phi) is 4.59. The van der Waals surface area contributed by atoms with E-state index in [1.54, 1.807) is 17.4 Å². The predicted molar refractivity (Wildman–Crippen MR) is 89.2 cm³/mol. The van der Waals surface area contributed by atoms with Crippen LogP contribution in [0.4, 0.5) is 0 Å². The molecule has 6 heteroatoms. The molecular formula is C16H18N2O2S2. The van der Waals surface area contributed by atoms with Gasteiger partial charge in [-0.15, -0.1) is 22.7 Å². The van der Waals surface area contributed by atoms with Crippen LogP contribution >= 0.6 is 22.7 Å². The van der Waals surface area contributed by atoms with E-state index in [0.717, 1.165) is 30.7 Å². The van der Waals surface area contributed by atoms with Crippen LogP contribution in [0.5, 0.6) is 0 Å². The van der Waals surface area contributed by atoms with Gasteiger partial charge in [-0.3, -0.25) is 9.59 Å². The lowest BCUT2D eigenvalue weighted by molar-refractivity contribution is -0.132. The lowest BCUT2D eigenvalue weighted by Gasteiger charge is -2.24. The van der Waals surface area contributed by atoms with Crippen LogP contribution in [0, 0.1) is 0 Å². The normalized spacial score (nSPS) is 17.8. The van der Waals surface area contributed by atoms with Crippen LogP contribution < -0.4 is 5.73 Å². The molecule has 0 unspecified atom stereocenters. The number of primary amides is 1. The summed E-state index contributed by atoms with van der Waals surface area (Å²) in [6.45, 7) is 0.803. The van der Waals surface area contributed by atoms with E-state index >= 15 is 0 Å². The van der Waals surface area contributed by atoms with Gasteiger partial charge in [-0.25, -0.2) is 0 Å². The lowest BCUT2D eigenvalue weighted by atomic mass is 10.1. The fraction of sp³-hybridized carbons (Fsp3) is 0.375. The summed E-state index contributed by atoms with van der Waals surface area (Å²) in [5.74, 6) is -0.199. The van der Waals surface area contributed by atoms with Crippen molar-refractivity contribution in [3.63, 3.8) is 0 Å². The average molecular weight is 334 g/mol. The molecule has 1 fully saturated rings. The molecule has 0 aromatic carbocycles. The first-order valence-corrected chi connectivity index (χ1v) is 9.06. The molecule has 1 saturated heterocycles. The van der Waals surface area contributed by atoms with Crippen LogP contribution in [0.15, 0.2) is 29.6 Å². The molecule has 0 bridgehead atoms. The number of nitrogens with two attached hydrogens (primary N) is 1. The number of rotatable bonds is 5. The quantitative estimate of drug-likeness (QED) is 0.912. The zero-order chi connectivity index (χ0) is 15.5. The zero-order valence-electron chi connectivity index (χ0n) is 12.2. The Bertz CT molecular complexity index is 664. The summed E-state index contributed by atoms with van der Waals surface area (Å²) < 4.78 is 0. The van der Waals surface area contributed by atoms with Gasteiger partial charge in [0.15, 0.2) is 0 Å². The Morgan fingerprint density at radius 1 is 1.32 bits per heavy atom. The molecule has 2 amide bonds. The van der Waals surface area contributed by atoms with Crippen molar-refractivity contribution in [2.45, 2.75) is 31.7 Å². The van der Waals surface area contributed by atoms with Crippen molar-refractivity contribution in [3.8, 4) is 0 Å². The fourth-order valence-electron chi connectivity index (χ4n) is 2.85. The van der Waals surface area contributed by atoms with E-state index in [1.165, 1.54) is 16.2 Å². The van der Waals surface area contributed by atoms with E-state index in [2.05, 4.69) is 6.07 Å². The molecule has 2 aromatic rings. The van der Waals surface area contributed by atoms with Crippen molar-refractivity contribution in [1.29, 1.82) is 0 Å². The number of aryl methyl sites for hydroxylation is 1. The molecule has 0 spiro atoms. The minimum atomic E-state index is -0.398. The Labute approximate surface area is 137 Å². The van der Waals surface area contributed by atoms with E-state index in [9.17, 15) is 9.59 Å². The second kappa shape index (κ2) is 6.62. The van der Waals surface area contributed by atoms with Crippen molar-refractivity contribution in [3.05, 3.63) is 44.3 Å². The Balaban J connectivity index is 1.66. The maximum atomic E-state index is 12.5. The van der Waals surface area contributed by atoms with Gasteiger partial charge in [0, 0.05) is 22.7 Å². The lowest BCUT2D eigenvalue weighted by Crippen LogP contribution is -2.30. The van der Waals surface area contributed by atoms with Gasteiger partial charge >= 0.3 is 0 Å². The van der Waals surface area contributed by atoms with E-state index in [0.29, 0.717) is 11.3 Å². The molecule has 1 atom stereocenters. The summed E-state index contributed by atoms with van der Waals surface area (Å²) in [6.07, 6.45) is 3.32. The van der Waals surface area contributed by atoms with Crippen molar-refractivity contribution < 1.29 is 9.59 Å². The van der Waals surface area contributed by atoms with Crippen molar-refractivity contribution in [2.75, 3.05) is 6.54 Å². The SMILES string of the molecule is NC(=O)c1ccc([C@@H]2CCCN2C(=O)CCc2cccs2)s1. The number of carbonyl (C=O) groups is 2. The van der Waals surface area contributed by atoms with Gasteiger partial charge in [0.05, 0.1) is 10.9 Å². The van der Waals surface area contributed by atoms with Crippen LogP contribution in [-0.4, -0.2) is 23.3 Å². The highest BCUT2D eigenvalue weighted by Crippen LogP contribution is 2.36. The van der Waals surface area contributed by atoms with E-state index in [4.69, 9.17) is 5.73 Å². The highest BCUT2D eigenvalue weighted by atomic mass is 32.1. The van der Waals surface area contributed by atoms with Crippen molar-refractivity contribution in [2.24, 2.45) is 5.73 Å². The van der Waals surface area contributed by atoms with Gasteiger partial charge < -0.3 is 10.6 Å². The average Bonchev–Trinajstić information content (AvgIpc) is 3.23. The van der Waals surface area contributed by atoms with Crippen LogP contribution in [0.2, 0.25) is 0 Å². The smallest absolute Gasteiger partial charge is 0.258 e. The molecule has 2 aromatic heterocycles. The van der Waals surface area contributed by atoms with Gasteiger partial charge in [-0.1, -0.05) is 6.07 Å². The molecule has 0 saturated carbocycles. The summed E-state index contributed by atoms with van der Waals surface area (Å²) >= 11 is 3.10. The summed E-state index contributed by atoms with van der Waals surface area (Å²) in [4.78, 5) is 28.6. The molecule has 116 valence electrons. The summed E-state index contributed by atoms with van der Waals surface area (Å²) in [7, 11) is 0. The number of hydrogen-bond acceptors (Lipinski definition) is 4. The summed E-state index contributed by atoms with van der Waals surface area (Å²) in [6, 6.07) is 7.88. The number of likely N-dealkylation sites (tertiary alicyclic amines) is 1. The summed E-state index contributed by atoms with van der Waals surface area (Å²) in [5, 5.41) is 2.04. The van der Waals surface area contributed by atoms with Gasteiger partial charge in [-0.2, -0.15) is 0 Å². The minimum Gasteiger partial charge on any atom is -0.365 e. The van der Waals surface area contributed by atoms with Crippen molar-refractivity contribution >= 4 is 34.5 Å². The van der Waals surface area contributed by atoms with E-state index in [-0.39, 0.29) is 11.9 Å². The minimum absolute atomic E-state index is 0.105. The van der Waals surface area contributed by atoms with E-state index in [1.807, 2.05) is 22.4 Å². The number of carbonyl (C=O) groups excluding carboxylic acids is 2. The number of nitrogens with zero attached hydrogens (tertiary/aromatic N) is 1. The number of amides is 2. The first-order valence-electron chi connectivity index (χ1n) is 7.36. The monoisotopic (exact) mass is 334 g/mol. The van der Waals surface area contributed by atoms with Crippen LogP contribution in [0.3, 0.4) is 0 Å². The molecule has 0 aliphatic carbocycles. The molecule has 22 heavy (non-hydrogen) atoms. The van der Waals surface area contributed by atoms with Gasteiger partial charge in [0.1, 0.15) is 0 Å². The molecule has 0 radical (unpaired) electrons. The summed E-state index contributed by atoms with van der Waals surface area (Å²) in [5.41, 5.74) is 5.31. The maximum absolute atomic E-state index is 12.5. The molecular weight excluding hydrogens is 316 g/mol. The number of thiophene rings is 2. The second-order valence-electron chi connectivity index (χ2n) is 5.39.